The zero-order valence-electron chi connectivity index (χ0n) is 10.2. The van der Waals surface area contributed by atoms with Gasteiger partial charge >= 0.3 is 5.97 Å². The monoisotopic (exact) mass is 282 g/mol. The van der Waals surface area contributed by atoms with E-state index in [-0.39, 0.29) is 13.0 Å². The topological polar surface area (TPSA) is 105 Å². The van der Waals surface area contributed by atoms with Gasteiger partial charge in [0.2, 0.25) is 0 Å². The zero-order valence-corrected chi connectivity index (χ0v) is 11.0. The summed E-state index contributed by atoms with van der Waals surface area (Å²) >= 11 is 0. The normalized spacial score (nSPS) is 19.6. The number of carbonyl (C=O) groups is 1. The van der Waals surface area contributed by atoms with Crippen LogP contribution in [-0.4, -0.2) is 69.9 Å². The fourth-order valence-electron chi connectivity index (χ4n) is 1.51. The number of morpholine rings is 1. The Balaban J connectivity index is 2.46. The molecule has 18 heavy (non-hydrogen) atoms. The van der Waals surface area contributed by atoms with E-state index >= 15 is 0 Å². The Kier molecular flexibility index (Phi) is 5.96. The molecule has 106 valence electrons. The molecule has 2 N–H and O–H groups in total. The van der Waals surface area contributed by atoms with Crippen molar-refractivity contribution in [3.8, 4) is 0 Å². The molecule has 1 saturated heterocycles. The van der Waals surface area contributed by atoms with Gasteiger partial charge in [0, 0.05) is 26.7 Å². The van der Waals surface area contributed by atoms with Crippen LogP contribution in [0.5, 0.6) is 0 Å². The minimum atomic E-state index is -3.59. The first-order valence-electron chi connectivity index (χ1n) is 5.53. The minimum absolute atomic E-state index is 0.0670. The number of carboxylic acid groups (broad SMARTS) is 1. The number of nitrogens with zero attached hydrogens (tertiary/aromatic N) is 1. The molecule has 1 fully saturated rings. The van der Waals surface area contributed by atoms with Gasteiger partial charge in [0.25, 0.3) is 10.2 Å². The fourth-order valence-corrected chi connectivity index (χ4v) is 2.72. The summed E-state index contributed by atoms with van der Waals surface area (Å²) in [6.07, 6.45) is -0.930. The van der Waals surface area contributed by atoms with Crippen LogP contribution >= 0.6 is 0 Å². The lowest BCUT2D eigenvalue weighted by Crippen LogP contribution is -2.48. The number of aliphatic carboxylic acids is 1. The molecule has 0 amide bonds. The average Bonchev–Trinajstić information content (AvgIpc) is 2.35. The van der Waals surface area contributed by atoms with Gasteiger partial charge in [0.05, 0.1) is 25.7 Å². The van der Waals surface area contributed by atoms with Crippen molar-refractivity contribution >= 4 is 16.2 Å². The molecule has 1 aliphatic heterocycles. The summed E-state index contributed by atoms with van der Waals surface area (Å²) in [5, 5.41) is 8.61. The van der Waals surface area contributed by atoms with E-state index in [4.69, 9.17) is 14.6 Å². The molecule has 1 atom stereocenters. The number of hydrogen-bond donors (Lipinski definition) is 2. The van der Waals surface area contributed by atoms with Crippen LogP contribution < -0.4 is 4.72 Å². The van der Waals surface area contributed by atoms with Crippen LogP contribution in [0.25, 0.3) is 0 Å². The molecule has 1 aliphatic rings. The molecule has 1 unspecified atom stereocenters. The smallest absolute Gasteiger partial charge is 0.306 e. The summed E-state index contributed by atoms with van der Waals surface area (Å²) in [7, 11) is -2.25. The van der Waals surface area contributed by atoms with Gasteiger partial charge in [-0.25, -0.2) is 0 Å². The molecule has 0 spiro atoms. The van der Waals surface area contributed by atoms with Gasteiger partial charge in [0.1, 0.15) is 0 Å². The van der Waals surface area contributed by atoms with Gasteiger partial charge in [-0.2, -0.15) is 17.4 Å². The predicted octanol–water partition coefficient (Wildman–Crippen LogP) is -1.36. The molecular weight excluding hydrogens is 264 g/mol. The molecule has 0 aromatic heterocycles. The van der Waals surface area contributed by atoms with Crippen LogP contribution in [0.15, 0.2) is 0 Å². The second-order valence-corrected chi connectivity index (χ2v) is 5.58. The van der Waals surface area contributed by atoms with E-state index in [1.165, 1.54) is 11.4 Å². The third kappa shape index (κ3) is 4.86. The fraction of sp³-hybridized carbons (Fsp3) is 0.889. The van der Waals surface area contributed by atoms with Gasteiger partial charge < -0.3 is 14.6 Å². The van der Waals surface area contributed by atoms with Crippen molar-refractivity contribution in [2.45, 2.75) is 12.5 Å². The van der Waals surface area contributed by atoms with Crippen molar-refractivity contribution in [2.75, 3.05) is 40.0 Å². The van der Waals surface area contributed by atoms with Crippen molar-refractivity contribution in [3.63, 3.8) is 0 Å². The first-order chi connectivity index (χ1) is 8.45. The molecule has 0 radical (unpaired) electrons. The summed E-state index contributed by atoms with van der Waals surface area (Å²) in [6, 6.07) is 0. The highest BCUT2D eigenvalue weighted by Gasteiger charge is 2.25. The van der Waals surface area contributed by atoms with Gasteiger partial charge in [-0.3, -0.25) is 4.79 Å². The van der Waals surface area contributed by atoms with Crippen molar-refractivity contribution in [3.05, 3.63) is 0 Å². The number of carboxylic acids is 1. The van der Waals surface area contributed by atoms with Gasteiger partial charge in [-0.05, 0) is 0 Å². The third-order valence-corrected chi connectivity index (χ3v) is 4.12. The van der Waals surface area contributed by atoms with E-state index in [9.17, 15) is 13.2 Å². The van der Waals surface area contributed by atoms with Crippen LogP contribution in [0.1, 0.15) is 6.42 Å². The largest absolute Gasteiger partial charge is 0.481 e. The Labute approximate surface area is 106 Å². The number of nitrogens with one attached hydrogen (secondary N) is 1. The Morgan fingerprint density at radius 1 is 1.50 bits per heavy atom. The van der Waals surface area contributed by atoms with E-state index in [0.29, 0.717) is 26.3 Å². The molecule has 0 aliphatic carbocycles. The number of methoxy groups -OCH3 is 1. The molecule has 0 bridgehead atoms. The molecule has 0 aromatic carbocycles. The molecular formula is C9H18N2O6S. The highest BCUT2D eigenvalue weighted by Crippen LogP contribution is 2.04. The second kappa shape index (κ2) is 7.00. The lowest BCUT2D eigenvalue weighted by atomic mass is 10.2. The van der Waals surface area contributed by atoms with Crippen molar-refractivity contribution in [1.29, 1.82) is 0 Å². The second-order valence-electron chi connectivity index (χ2n) is 3.82. The quantitative estimate of drug-likeness (QED) is 0.597. The number of rotatable bonds is 7. The molecule has 8 nitrogen and oxygen atoms in total. The molecule has 0 aromatic rings. The molecule has 0 saturated carbocycles. The predicted molar refractivity (Wildman–Crippen MR) is 62.4 cm³/mol. The van der Waals surface area contributed by atoms with Gasteiger partial charge in [0.15, 0.2) is 0 Å². The first kappa shape index (κ1) is 15.3. The highest BCUT2D eigenvalue weighted by atomic mass is 32.2. The number of hydrogen-bond acceptors (Lipinski definition) is 5. The lowest BCUT2D eigenvalue weighted by Gasteiger charge is -2.26. The Morgan fingerprint density at radius 2 is 2.11 bits per heavy atom. The van der Waals surface area contributed by atoms with Crippen molar-refractivity contribution in [1.82, 2.24) is 9.03 Å². The third-order valence-electron chi connectivity index (χ3n) is 2.54. The maximum Gasteiger partial charge on any atom is 0.306 e. The van der Waals surface area contributed by atoms with Crippen LogP contribution in [0.4, 0.5) is 0 Å². The van der Waals surface area contributed by atoms with Crippen LogP contribution in [0.2, 0.25) is 0 Å². The van der Waals surface area contributed by atoms with Crippen LogP contribution in [0.3, 0.4) is 0 Å². The maximum atomic E-state index is 11.8. The Morgan fingerprint density at radius 3 is 2.61 bits per heavy atom. The summed E-state index contributed by atoms with van der Waals surface area (Å²) < 4.78 is 37.3. The number of ether oxygens (including phenoxy) is 2. The summed E-state index contributed by atoms with van der Waals surface area (Å²) in [4.78, 5) is 10.5. The molecule has 9 heteroatoms. The Hall–Kier alpha value is -0.740. The summed E-state index contributed by atoms with van der Waals surface area (Å²) in [6.45, 7) is 1.26. The van der Waals surface area contributed by atoms with E-state index in [1.54, 1.807) is 0 Å². The van der Waals surface area contributed by atoms with E-state index in [0.717, 1.165) is 0 Å². The molecule has 1 heterocycles. The zero-order chi connectivity index (χ0) is 13.6. The SMILES string of the molecule is COC(CNS(=O)(=O)N1CCOCC1)CC(=O)O. The summed E-state index contributed by atoms with van der Waals surface area (Å²) in [5.41, 5.74) is 0. The van der Waals surface area contributed by atoms with E-state index in [1.807, 2.05) is 0 Å². The van der Waals surface area contributed by atoms with Gasteiger partial charge in [-0.1, -0.05) is 0 Å². The first-order valence-corrected chi connectivity index (χ1v) is 6.97. The highest BCUT2D eigenvalue weighted by molar-refractivity contribution is 7.87. The Bertz CT molecular complexity index is 365. The minimum Gasteiger partial charge on any atom is -0.481 e. The van der Waals surface area contributed by atoms with Crippen molar-refractivity contribution < 1.29 is 27.8 Å². The average molecular weight is 282 g/mol. The van der Waals surface area contributed by atoms with E-state index < -0.39 is 22.3 Å². The van der Waals surface area contributed by atoms with Crippen LogP contribution in [-0.2, 0) is 24.5 Å². The van der Waals surface area contributed by atoms with Gasteiger partial charge in [-0.15, -0.1) is 0 Å². The standard InChI is InChI=1S/C9H18N2O6S/c1-16-8(6-9(12)13)7-10-18(14,15)11-2-4-17-5-3-11/h8,10H,2-7H2,1H3,(H,12,13). The molecule has 1 rings (SSSR count). The van der Waals surface area contributed by atoms with Crippen LogP contribution in [0, 0.1) is 0 Å². The summed E-state index contributed by atoms with van der Waals surface area (Å²) in [5.74, 6) is -1.03. The lowest BCUT2D eigenvalue weighted by molar-refractivity contribution is -0.139. The van der Waals surface area contributed by atoms with E-state index in [2.05, 4.69) is 4.72 Å². The maximum absolute atomic E-state index is 11.8. The van der Waals surface area contributed by atoms with Crippen molar-refractivity contribution in [2.24, 2.45) is 0 Å².